The summed E-state index contributed by atoms with van der Waals surface area (Å²) in [5, 5.41) is 0. The second-order valence-corrected chi connectivity index (χ2v) is 11.4. The Morgan fingerprint density at radius 2 is 1.19 bits per heavy atom. The number of Topliss-reactive ketones (excluding diaryl/α,β-unsaturated/α-hetero) is 1. The Balaban J connectivity index is 2.24. The number of carbonyl (C=O) groups excluding carboxylic acids is 1. The highest BCUT2D eigenvalue weighted by Gasteiger charge is 2.29. The largest absolute Gasteiger partial charge is 0.287 e. The van der Waals surface area contributed by atoms with E-state index in [9.17, 15) is 13.2 Å². The molecule has 0 spiro atoms. The Labute approximate surface area is 214 Å². The van der Waals surface area contributed by atoms with Gasteiger partial charge in [0.25, 0.3) is 10.0 Å². The number of sulfonamides is 1. The highest BCUT2D eigenvalue weighted by atomic mass is 79.9. The number of ketones is 1. The lowest BCUT2D eigenvalue weighted by Gasteiger charge is -2.15. The maximum atomic E-state index is 13.0. The average Bonchev–Trinajstić information content (AvgIpc) is 2.74. The van der Waals surface area contributed by atoms with Crippen molar-refractivity contribution in [1.29, 1.82) is 0 Å². The quantitative estimate of drug-likeness (QED) is 0.210. The van der Waals surface area contributed by atoms with Crippen molar-refractivity contribution in [3.8, 4) is 0 Å². The number of aliphatic imine (C=N–C) groups is 1. The molecule has 0 atom stereocenters. The summed E-state index contributed by atoms with van der Waals surface area (Å²) in [7, 11) is -4.03. The first-order valence-corrected chi connectivity index (χ1v) is 13.4. The lowest BCUT2D eigenvalue weighted by molar-refractivity contribution is -0.110. The van der Waals surface area contributed by atoms with Crippen molar-refractivity contribution in [3.63, 3.8) is 0 Å². The Kier molecular flexibility index (Phi) is 7.68. The molecule has 0 fully saturated rings. The van der Waals surface area contributed by atoms with Crippen LogP contribution in [0.2, 0.25) is 0 Å². The number of hydrogen-bond donors (Lipinski definition) is 0. The molecule has 0 unspecified atom stereocenters. The van der Waals surface area contributed by atoms with Gasteiger partial charge in [-0.15, -0.1) is 4.40 Å². The van der Waals surface area contributed by atoms with Crippen LogP contribution in [-0.4, -0.2) is 25.7 Å². The molecule has 5 nitrogen and oxygen atoms in total. The number of rotatable bonds is 3. The van der Waals surface area contributed by atoms with E-state index in [2.05, 4.69) is 73.1 Å². The van der Waals surface area contributed by atoms with Gasteiger partial charge in [-0.25, -0.2) is 4.99 Å². The van der Waals surface area contributed by atoms with Gasteiger partial charge in [0.1, 0.15) is 0 Å². The summed E-state index contributed by atoms with van der Waals surface area (Å²) >= 11 is 13.2. The van der Waals surface area contributed by atoms with Crippen LogP contribution in [-0.2, 0) is 14.8 Å². The number of hydrogen-bond acceptors (Lipinski definition) is 3. The van der Waals surface area contributed by atoms with Gasteiger partial charge in [-0.2, -0.15) is 8.42 Å². The molecular formula is C21H14Br4N2O3S. The first kappa shape index (κ1) is 24.4. The van der Waals surface area contributed by atoms with Gasteiger partial charge in [0.15, 0.2) is 5.84 Å². The summed E-state index contributed by atoms with van der Waals surface area (Å²) in [4.78, 5) is 16.9. The number of benzene rings is 2. The summed E-state index contributed by atoms with van der Waals surface area (Å²) in [6.45, 7) is 3.80. The smallest absolute Gasteiger partial charge is 0.284 e. The van der Waals surface area contributed by atoms with E-state index in [4.69, 9.17) is 0 Å². The Bertz CT molecular complexity index is 1260. The van der Waals surface area contributed by atoms with Crippen LogP contribution in [0.25, 0.3) is 0 Å². The fourth-order valence-corrected chi connectivity index (χ4v) is 5.72. The highest BCUT2D eigenvalue weighted by molar-refractivity contribution is 9.16. The third kappa shape index (κ3) is 5.42. The van der Waals surface area contributed by atoms with E-state index in [1.54, 1.807) is 24.3 Å². The monoisotopic (exact) mass is 690 g/mol. The van der Waals surface area contributed by atoms with E-state index >= 15 is 0 Å². The number of allylic oxidation sites excluding steroid dienone is 4. The number of carbonyl (C=O) groups is 1. The molecule has 0 N–H and O–H groups in total. The molecule has 0 saturated carbocycles. The maximum absolute atomic E-state index is 13.0. The molecule has 31 heavy (non-hydrogen) atoms. The molecule has 2 aromatic carbocycles. The Hall–Kier alpha value is -1.20. The number of nitrogens with zero attached hydrogens (tertiary/aromatic N) is 2. The van der Waals surface area contributed by atoms with Gasteiger partial charge in [-0.3, -0.25) is 4.79 Å². The third-order valence-corrected chi connectivity index (χ3v) is 9.66. The maximum Gasteiger partial charge on any atom is 0.284 e. The molecule has 160 valence electrons. The Morgan fingerprint density at radius 3 is 1.68 bits per heavy atom. The van der Waals surface area contributed by atoms with E-state index in [1.165, 1.54) is 12.1 Å². The van der Waals surface area contributed by atoms with E-state index in [1.807, 2.05) is 26.0 Å². The van der Waals surface area contributed by atoms with E-state index in [-0.39, 0.29) is 25.5 Å². The molecule has 0 saturated heterocycles. The minimum Gasteiger partial charge on any atom is -0.287 e. The molecule has 0 aromatic heterocycles. The molecule has 0 heterocycles. The average molecular weight is 694 g/mol. The van der Waals surface area contributed by atoms with Crippen LogP contribution in [0.1, 0.15) is 16.7 Å². The standard InChI is InChI=1S/C21H14Br4N2O3S/c1-11-3-7-13(8-4-11)21(27-31(29,30)14-9-5-12(2)6-10-14)26-19-15(22)17(24)20(28)18(25)16(19)23/h3-10H,1-2H3/b27-21+. The van der Waals surface area contributed by atoms with E-state index in [0.717, 1.165) is 11.1 Å². The van der Waals surface area contributed by atoms with Gasteiger partial charge in [-0.1, -0.05) is 47.5 Å². The molecule has 0 bridgehead atoms. The zero-order valence-electron chi connectivity index (χ0n) is 16.2. The number of amidine groups is 1. The normalized spacial score (nSPS) is 15.6. The summed E-state index contributed by atoms with van der Waals surface area (Å²) < 4.78 is 31.3. The van der Waals surface area contributed by atoms with E-state index < -0.39 is 10.0 Å². The molecule has 2 aromatic rings. The number of halogens is 4. The van der Waals surface area contributed by atoms with Crippen molar-refractivity contribution in [2.24, 2.45) is 9.39 Å². The van der Waals surface area contributed by atoms with E-state index in [0.29, 0.717) is 20.2 Å². The van der Waals surface area contributed by atoms with Crippen LogP contribution < -0.4 is 0 Å². The molecule has 0 radical (unpaired) electrons. The second kappa shape index (κ2) is 9.74. The van der Waals surface area contributed by atoms with Crippen molar-refractivity contribution < 1.29 is 13.2 Å². The van der Waals surface area contributed by atoms with Crippen LogP contribution in [0.5, 0.6) is 0 Å². The van der Waals surface area contributed by atoms with Crippen molar-refractivity contribution in [3.05, 3.63) is 83.2 Å². The summed E-state index contributed by atoms with van der Waals surface area (Å²) in [6.07, 6.45) is 0. The zero-order valence-corrected chi connectivity index (χ0v) is 23.3. The molecular weight excluding hydrogens is 680 g/mol. The van der Waals surface area contributed by atoms with Gasteiger partial charge in [0.05, 0.1) is 28.5 Å². The molecule has 1 aliphatic rings. The predicted molar refractivity (Wildman–Crippen MR) is 138 cm³/mol. The van der Waals surface area contributed by atoms with Crippen molar-refractivity contribution >= 4 is 91.1 Å². The van der Waals surface area contributed by atoms with Crippen molar-refractivity contribution in [2.75, 3.05) is 0 Å². The van der Waals surface area contributed by atoms with Crippen LogP contribution in [0.15, 0.2) is 80.7 Å². The molecule has 10 heteroatoms. The van der Waals surface area contributed by atoms with Crippen molar-refractivity contribution in [2.45, 2.75) is 18.7 Å². The van der Waals surface area contributed by atoms with Gasteiger partial charge in [0.2, 0.25) is 5.78 Å². The summed E-state index contributed by atoms with van der Waals surface area (Å²) in [5.41, 5.74) is 2.77. The minimum absolute atomic E-state index is 0.0144. The van der Waals surface area contributed by atoms with Crippen molar-refractivity contribution in [1.82, 2.24) is 0 Å². The molecule has 0 aliphatic heterocycles. The zero-order chi connectivity index (χ0) is 22.9. The van der Waals surface area contributed by atoms with Crippen LogP contribution in [0.3, 0.4) is 0 Å². The SMILES string of the molecule is Cc1ccc(/C(N=C2C(Br)=C(Br)C(=O)C(Br)=C2Br)=N\S(=O)(=O)c2ccc(C)cc2)cc1. The van der Waals surface area contributed by atoms with Gasteiger partial charge in [-0.05, 0) is 89.7 Å². The molecule has 1 aliphatic carbocycles. The first-order chi connectivity index (χ1) is 14.5. The second-order valence-electron chi connectivity index (χ2n) is 6.61. The highest BCUT2D eigenvalue weighted by Crippen LogP contribution is 2.37. The molecule has 3 rings (SSSR count). The Morgan fingerprint density at radius 1 is 0.742 bits per heavy atom. The minimum atomic E-state index is -4.03. The topological polar surface area (TPSA) is 75.9 Å². The van der Waals surface area contributed by atoms with Crippen LogP contribution in [0, 0.1) is 13.8 Å². The summed E-state index contributed by atoms with van der Waals surface area (Å²) in [5.74, 6) is -0.293. The van der Waals surface area contributed by atoms with Gasteiger partial charge in [0, 0.05) is 5.56 Å². The summed E-state index contributed by atoms with van der Waals surface area (Å²) in [6, 6.07) is 13.6. The fourth-order valence-electron chi connectivity index (χ4n) is 2.52. The van der Waals surface area contributed by atoms with Crippen LogP contribution >= 0.6 is 63.7 Å². The van der Waals surface area contributed by atoms with Crippen LogP contribution in [0.4, 0.5) is 0 Å². The lowest BCUT2D eigenvalue weighted by atomic mass is 10.1. The van der Waals surface area contributed by atoms with Gasteiger partial charge >= 0.3 is 0 Å². The predicted octanol–water partition coefficient (Wildman–Crippen LogP) is 6.47. The van der Waals surface area contributed by atoms with Gasteiger partial charge < -0.3 is 0 Å². The fraction of sp³-hybridized carbons (Fsp3) is 0.0952. The first-order valence-electron chi connectivity index (χ1n) is 8.74. The molecule has 0 amide bonds. The third-order valence-electron chi connectivity index (χ3n) is 4.25. The number of aryl methyl sites for hydroxylation is 2. The lowest BCUT2D eigenvalue weighted by Crippen LogP contribution is -2.17.